The molecule has 0 saturated carbocycles. The average Bonchev–Trinajstić information content (AvgIpc) is 2.05. The van der Waals surface area contributed by atoms with Crippen molar-refractivity contribution in [2.24, 2.45) is 5.73 Å². The van der Waals surface area contributed by atoms with Crippen molar-refractivity contribution in [2.45, 2.75) is 13.3 Å². The average molecular weight is 160 g/mol. The molecule has 0 aliphatic carbocycles. The summed E-state index contributed by atoms with van der Waals surface area (Å²) in [5.41, 5.74) is 7.30. The molecule has 0 unspecified atom stereocenters. The van der Waals surface area contributed by atoms with Crippen LogP contribution in [0.4, 0.5) is 0 Å². The quantitative estimate of drug-likeness (QED) is 0.624. The van der Waals surface area contributed by atoms with E-state index in [4.69, 9.17) is 5.73 Å². The SMILES string of the molecule is Cc1ccnc(C#CCCN)c1. The first-order valence-electron chi connectivity index (χ1n) is 3.94. The molecule has 0 bridgehead atoms. The van der Waals surface area contributed by atoms with Crippen LogP contribution < -0.4 is 5.73 Å². The summed E-state index contributed by atoms with van der Waals surface area (Å²) in [4.78, 5) is 4.10. The van der Waals surface area contributed by atoms with Crippen molar-refractivity contribution in [1.82, 2.24) is 4.98 Å². The third-order valence-corrected chi connectivity index (χ3v) is 1.40. The van der Waals surface area contributed by atoms with Gasteiger partial charge in [-0.3, -0.25) is 0 Å². The topological polar surface area (TPSA) is 38.9 Å². The highest BCUT2D eigenvalue weighted by atomic mass is 14.6. The van der Waals surface area contributed by atoms with Gasteiger partial charge in [-0.2, -0.15) is 0 Å². The minimum atomic E-state index is 0.610. The number of aryl methyl sites for hydroxylation is 1. The van der Waals surface area contributed by atoms with Gasteiger partial charge in [0.25, 0.3) is 0 Å². The lowest BCUT2D eigenvalue weighted by atomic mass is 10.2. The van der Waals surface area contributed by atoms with E-state index in [1.54, 1.807) is 6.20 Å². The maximum absolute atomic E-state index is 5.30. The number of hydrogen-bond donors (Lipinski definition) is 1. The summed E-state index contributed by atoms with van der Waals surface area (Å²) in [6.45, 7) is 2.63. The van der Waals surface area contributed by atoms with Crippen LogP contribution in [0.2, 0.25) is 0 Å². The lowest BCUT2D eigenvalue weighted by molar-refractivity contribution is 1.03. The molecule has 0 spiro atoms. The molecular formula is C10H12N2. The molecule has 0 atom stereocenters. The van der Waals surface area contributed by atoms with Crippen LogP contribution >= 0.6 is 0 Å². The van der Waals surface area contributed by atoms with Gasteiger partial charge >= 0.3 is 0 Å². The molecule has 0 radical (unpaired) electrons. The molecule has 0 saturated heterocycles. The molecule has 12 heavy (non-hydrogen) atoms. The predicted octanol–water partition coefficient (Wildman–Crippen LogP) is 1.09. The van der Waals surface area contributed by atoms with Crippen molar-refractivity contribution in [1.29, 1.82) is 0 Å². The Morgan fingerprint density at radius 2 is 2.42 bits per heavy atom. The number of aromatic nitrogens is 1. The van der Waals surface area contributed by atoms with E-state index in [-0.39, 0.29) is 0 Å². The van der Waals surface area contributed by atoms with Gasteiger partial charge in [-0.05, 0) is 30.5 Å². The van der Waals surface area contributed by atoms with Crippen molar-refractivity contribution in [3.63, 3.8) is 0 Å². The van der Waals surface area contributed by atoms with Crippen LogP contribution in [0.3, 0.4) is 0 Å². The molecule has 0 amide bonds. The van der Waals surface area contributed by atoms with E-state index in [2.05, 4.69) is 16.8 Å². The van der Waals surface area contributed by atoms with E-state index in [9.17, 15) is 0 Å². The zero-order chi connectivity index (χ0) is 8.81. The van der Waals surface area contributed by atoms with Crippen LogP contribution in [0.1, 0.15) is 17.7 Å². The molecule has 1 aromatic heterocycles. The van der Waals surface area contributed by atoms with Gasteiger partial charge in [0, 0.05) is 19.2 Å². The van der Waals surface area contributed by atoms with Gasteiger partial charge in [0.15, 0.2) is 0 Å². The van der Waals surface area contributed by atoms with Crippen molar-refractivity contribution in [3.8, 4) is 11.8 Å². The Morgan fingerprint density at radius 3 is 3.08 bits per heavy atom. The Balaban J connectivity index is 2.71. The highest BCUT2D eigenvalue weighted by Crippen LogP contribution is 1.97. The number of hydrogen-bond acceptors (Lipinski definition) is 2. The monoisotopic (exact) mass is 160 g/mol. The normalized spacial score (nSPS) is 8.83. The molecule has 2 N–H and O–H groups in total. The second-order valence-corrected chi connectivity index (χ2v) is 2.56. The van der Waals surface area contributed by atoms with E-state index in [1.807, 2.05) is 19.1 Å². The molecule has 0 aromatic carbocycles. The summed E-state index contributed by atoms with van der Waals surface area (Å²) in [5, 5.41) is 0. The fourth-order valence-electron chi connectivity index (χ4n) is 0.830. The molecule has 1 aromatic rings. The maximum atomic E-state index is 5.30. The summed E-state index contributed by atoms with van der Waals surface area (Å²) in [6, 6.07) is 3.91. The number of nitrogens with zero attached hydrogens (tertiary/aromatic N) is 1. The van der Waals surface area contributed by atoms with E-state index in [0.717, 1.165) is 12.1 Å². The number of nitrogens with two attached hydrogens (primary N) is 1. The summed E-state index contributed by atoms with van der Waals surface area (Å²) in [7, 11) is 0. The molecule has 0 fully saturated rings. The first-order valence-corrected chi connectivity index (χ1v) is 3.94. The Kier molecular flexibility index (Phi) is 3.31. The first kappa shape index (κ1) is 8.76. The van der Waals surface area contributed by atoms with Crippen LogP contribution in [0, 0.1) is 18.8 Å². The van der Waals surface area contributed by atoms with E-state index in [0.29, 0.717) is 6.54 Å². The minimum absolute atomic E-state index is 0.610. The van der Waals surface area contributed by atoms with Gasteiger partial charge in [0.05, 0.1) is 0 Å². The number of rotatable bonds is 1. The van der Waals surface area contributed by atoms with Crippen LogP contribution in [0.25, 0.3) is 0 Å². The highest BCUT2D eigenvalue weighted by molar-refractivity contribution is 5.29. The number of pyridine rings is 1. The Labute approximate surface area is 72.8 Å². The van der Waals surface area contributed by atoms with Gasteiger partial charge in [-0.25, -0.2) is 4.98 Å². The van der Waals surface area contributed by atoms with Gasteiger partial charge in [-0.1, -0.05) is 5.92 Å². The molecule has 2 nitrogen and oxygen atoms in total. The van der Waals surface area contributed by atoms with Crippen LogP contribution in [0.15, 0.2) is 18.3 Å². The first-order chi connectivity index (χ1) is 5.83. The lowest BCUT2D eigenvalue weighted by Crippen LogP contribution is -1.95. The van der Waals surface area contributed by atoms with Gasteiger partial charge in [0.2, 0.25) is 0 Å². The molecule has 2 heteroatoms. The zero-order valence-corrected chi connectivity index (χ0v) is 7.17. The third-order valence-electron chi connectivity index (χ3n) is 1.40. The van der Waals surface area contributed by atoms with E-state index in [1.165, 1.54) is 5.56 Å². The Hall–Kier alpha value is -1.33. The third kappa shape index (κ3) is 2.73. The molecule has 0 aliphatic heterocycles. The fourth-order valence-corrected chi connectivity index (χ4v) is 0.830. The van der Waals surface area contributed by atoms with Crippen LogP contribution in [-0.4, -0.2) is 11.5 Å². The van der Waals surface area contributed by atoms with Gasteiger partial charge < -0.3 is 5.73 Å². The van der Waals surface area contributed by atoms with Gasteiger partial charge in [-0.15, -0.1) is 0 Å². The highest BCUT2D eigenvalue weighted by Gasteiger charge is 1.86. The zero-order valence-electron chi connectivity index (χ0n) is 7.17. The summed E-state index contributed by atoms with van der Waals surface area (Å²) >= 11 is 0. The summed E-state index contributed by atoms with van der Waals surface area (Å²) < 4.78 is 0. The fraction of sp³-hybridized carbons (Fsp3) is 0.300. The van der Waals surface area contributed by atoms with E-state index < -0.39 is 0 Å². The van der Waals surface area contributed by atoms with Crippen molar-refractivity contribution >= 4 is 0 Å². The summed E-state index contributed by atoms with van der Waals surface area (Å²) in [5.74, 6) is 5.89. The van der Waals surface area contributed by atoms with Crippen LogP contribution in [0.5, 0.6) is 0 Å². The minimum Gasteiger partial charge on any atom is -0.330 e. The van der Waals surface area contributed by atoms with Crippen molar-refractivity contribution < 1.29 is 0 Å². The summed E-state index contributed by atoms with van der Waals surface area (Å²) in [6.07, 6.45) is 2.50. The van der Waals surface area contributed by atoms with Crippen molar-refractivity contribution in [3.05, 3.63) is 29.6 Å². The molecule has 1 heterocycles. The molecule has 1 rings (SSSR count). The molecule has 0 aliphatic rings. The van der Waals surface area contributed by atoms with Crippen molar-refractivity contribution in [2.75, 3.05) is 6.54 Å². The Bertz CT molecular complexity index is 307. The Morgan fingerprint density at radius 1 is 1.58 bits per heavy atom. The van der Waals surface area contributed by atoms with Gasteiger partial charge in [0.1, 0.15) is 5.69 Å². The largest absolute Gasteiger partial charge is 0.330 e. The predicted molar refractivity (Wildman–Crippen MR) is 49.5 cm³/mol. The van der Waals surface area contributed by atoms with E-state index >= 15 is 0 Å². The second kappa shape index (κ2) is 4.53. The standard InChI is InChI=1S/C10H12N2/c1-9-5-7-12-10(8-9)4-2-3-6-11/h5,7-8H,3,6,11H2,1H3. The smallest absolute Gasteiger partial charge is 0.113 e. The van der Waals surface area contributed by atoms with Crippen LogP contribution in [-0.2, 0) is 0 Å². The maximum Gasteiger partial charge on any atom is 0.113 e. The second-order valence-electron chi connectivity index (χ2n) is 2.56. The molecule has 62 valence electrons. The molecular weight excluding hydrogens is 148 g/mol. The lowest BCUT2D eigenvalue weighted by Gasteiger charge is -1.90.